The van der Waals surface area contributed by atoms with E-state index < -0.39 is 17.9 Å². The van der Waals surface area contributed by atoms with E-state index in [0.717, 1.165) is 16.0 Å². The number of methoxy groups -OCH3 is 2. The molecule has 7 heteroatoms. The Hall–Kier alpha value is -3.35. The Morgan fingerprint density at radius 3 is 2.09 bits per heavy atom. The molecule has 0 spiro atoms. The zero-order chi connectivity index (χ0) is 23.2. The van der Waals surface area contributed by atoms with E-state index in [0.29, 0.717) is 35.6 Å². The highest BCUT2D eigenvalue weighted by Crippen LogP contribution is 2.39. The number of carbonyl (C=O) groups is 3. The van der Waals surface area contributed by atoms with Gasteiger partial charge in [0.15, 0.2) is 11.5 Å². The lowest BCUT2D eigenvalue weighted by molar-refractivity contribution is -0.139. The molecule has 168 valence electrons. The highest BCUT2D eigenvalue weighted by atomic mass is 16.5. The third-order valence-corrected chi connectivity index (χ3v) is 6.46. The fourth-order valence-electron chi connectivity index (χ4n) is 4.77. The first-order chi connectivity index (χ1) is 15.3. The summed E-state index contributed by atoms with van der Waals surface area (Å²) >= 11 is 0. The van der Waals surface area contributed by atoms with Crippen molar-refractivity contribution < 1.29 is 23.9 Å². The van der Waals surface area contributed by atoms with E-state index in [4.69, 9.17) is 9.47 Å². The highest BCUT2D eigenvalue weighted by Gasteiger charge is 2.46. The lowest BCUT2D eigenvalue weighted by Gasteiger charge is -2.40. The summed E-state index contributed by atoms with van der Waals surface area (Å²) in [6.45, 7) is 6.18. The Morgan fingerprint density at radius 1 is 1.00 bits per heavy atom. The average Bonchev–Trinajstić information content (AvgIpc) is 3.04. The van der Waals surface area contributed by atoms with Crippen LogP contribution < -0.4 is 9.47 Å². The largest absolute Gasteiger partial charge is 0.493 e. The second-order valence-electron chi connectivity index (χ2n) is 8.58. The number of hydrogen-bond donors (Lipinski definition) is 0. The van der Waals surface area contributed by atoms with E-state index >= 15 is 0 Å². The van der Waals surface area contributed by atoms with Gasteiger partial charge in [-0.1, -0.05) is 26.0 Å². The number of amides is 3. The van der Waals surface area contributed by atoms with Gasteiger partial charge in [-0.05, 0) is 54.7 Å². The maximum atomic E-state index is 13.8. The van der Waals surface area contributed by atoms with Crippen molar-refractivity contribution in [2.45, 2.75) is 39.3 Å². The quantitative estimate of drug-likeness (QED) is 0.671. The van der Waals surface area contributed by atoms with E-state index in [2.05, 4.69) is 0 Å². The Balaban J connectivity index is 1.67. The Kier molecular flexibility index (Phi) is 5.67. The van der Waals surface area contributed by atoms with Gasteiger partial charge >= 0.3 is 0 Å². The zero-order valence-corrected chi connectivity index (χ0v) is 19.0. The van der Waals surface area contributed by atoms with Gasteiger partial charge in [0, 0.05) is 6.54 Å². The van der Waals surface area contributed by atoms with Crippen molar-refractivity contribution in [1.29, 1.82) is 0 Å². The summed E-state index contributed by atoms with van der Waals surface area (Å²) in [5.74, 6) is -0.00754. The second-order valence-corrected chi connectivity index (χ2v) is 8.58. The maximum absolute atomic E-state index is 13.8. The van der Waals surface area contributed by atoms with Gasteiger partial charge in [-0.25, -0.2) is 0 Å². The number of carbonyl (C=O) groups excluding carboxylic acids is 3. The number of imide groups is 1. The molecule has 0 fully saturated rings. The molecule has 0 saturated heterocycles. The van der Waals surface area contributed by atoms with E-state index in [1.165, 1.54) is 0 Å². The van der Waals surface area contributed by atoms with E-state index in [1.54, 1.807) is 43.4 Å². The third kappa shape index (κ3) is 3.32. The van der Waals surface area contributed by atoms with Crippen LogP contribution in [0.5, 0.6) is 11.5 Å². The van der Waals surface area contributed by atoms with Gasteiger partial charge in [0.2, 0.25) is 5.91 Å². The number of benzene rings is 2. The van der Waals surface area contributed by atoms with Crippen LogP contribution in [0.3, 0.4) is 0 Å². The van der Waals surface area contributed by atoms with Crippen molar-refractivity contribution >= 4 is 17.7 Å². The molecule has 3 amide bonds. The van der Waals surface area contributed by atoms with Gasteiger partial charge < -0.3 is 14.4 Å². The van der Waals surface area contributed by atoms with E-state index in [-0.39, 0.29) is 17.9 Å². The first kappa shape index (κ1) is 21.9. The summed E-state index contributed by atoms with van der Waals surface area (Å²) in [4.78, 5) is 42.9. The van der Waals surface area contributed by atoms with Crippen LogP contribution >= 0.6 is 0 Å². The molecule has 0 N–H and O–H groups in total. The number of nitrogens with zero attached hydrogens (tertiary/aromatic N) is 2. The smallest absolute Gasteiger partial charge is 0.262 e. The summed E-state index contributed by atoms with van der Waals surface area (Å²) in [5, 5.41) is 0. The van der Waals surface area contributed by atoms with Gasteiger partial charge in [-0.3, -0.25) is 19.3 Å². The first-order valence-corrected chi connectivity index (χ1v) is 10.8. The van der Waals surface area contributed by atoms with Crippen molar-refractivity contribution in [3.05, 3.63) is 58.7 Å². The highest BCUT2D eigenvalue weighted by molar-refractivity contribution is 6.22. The van der Waals surface area contributed by atoms with Gasteiger partial charge in [0.05, 0.1) is 31.4 Å². The summed E-state index contributed by atoms with van der Waals surface area (Å²) < 4.78 is 10.9. The van der Waals surface area contributed by atoms with Gasteiger partial charge in [0.1, 0.15) is 6.04 Å². The van der Waals surface area contributed by atoms with Crippen molar-refractivity contribution in [3.63, 3.8) is 0 Å². The molecule has 7 nitrogen and oxygen atoms in total. The summed E-state index contributed by atoms with van der Waals surface area (Å²) in [7, 11) is 3.18. The van der Waals surface area contributed by atoms with Crippen LogP contribution in [-0.2, 0) is 11.2 Å². The van der Waals surface area contributed by atoms with Crippen LogP contribution in [0.25, 0.3) is 0 Å². The molecule has 0 aliphatic carbocycles. The van der Waals surface area contributed by atoms with Crippen molar-refractivity contribution in [3.8, 4) is 11.5 Å². The average molecular weight is 437 g/mol. The van der Waals surface area contributed by atoms with Crippen molar-refractivity contribution in [2.75, 3.05) is 20.8 Å². The molecule has 4 rings (SSSR count). The first-order valence-electron chi connectivity index (χ1n) is 10.8. The van der Waals surface area contributed by atoms with Gasteiger partial charge in [-0.15, -0.1) is 0 Å². The van der Waals surface area contributed by atoms with E-state index in [1.807, 2.05) is 32.9 Å². The third-order valence-electron chi connectivity index (χ3n) is 6.46. The predicted octanol–water partition coefficient (Wildman–Crippen LogP) is 3.47. The Bertz CT molecular complexity index is 1060. The molecule has 32 heavy (non-hydrogen) atoms. The van der Waals surface area contributed by atoms with Crippen LogP contribution in [0.1, 0.15) is 58.7 Å². The number of hydrogen-bond acceptors (Lipinski definition) is 5. The molecule has 2 aliphatic rings. The standard InChI is InChI=1S/C25H28N2O5/c1-14(2)22(27-23(28)17-8-6-7-9-18(17)24(27)29)25(30)26-11-10-16-12-20(31-4)21(32-5)13-19(16)15(26)3/h6-9,12-15,22H,10-11H2,1-5H3. The minimum absolute atomic E-state index is 0.220. The summed E-state index contributed by atoms with van der Waals surface area (Å²) in [5.41, 5.74) is 2.78. The molecule has 0 bridgehead atoms. The fourth-order valence-corrected chi connectivity index (χ4v) is 4.77. The monoisotopic (exact) mass is 436 g/mol. The molecular formula is C25H28N2O5. The molecule has 2 aliphatic heterocycles. The minimum Gasteiger partial charge on any atom is -0.493 e. The molecule has 2 aromatic carbocycles. The Morgan fingerprint density at radius 2 is 1.56 bits per heavy atom. The summed E-state index contributed by atoms with van der Waals surface area (Å²) in [6, 6.07) is 9.49. The van der Waals surface area contributed by atoms with Crippen LogP contribution in [0, 0.1) is 5.92 Å². The molecule has 0 saturated carbocycles. The molecule has 2 aromatic rings. The maximum Gasteiger partial charge on any atom is 0.262 e. The predicted molar refractivity (Wildman–Crippen MR) is 119 cm³/mol. The van der Waals surface area contributed by atoms with Gasteiger partial charge in [-0.2, -0.15) is 0 Å². The molecule has 2 atom stereocenters. The second kappa shape index (κ2) is 8.30. The molecule has 0 aromatic heterocycles. The van der Waals surface area contributed by atoms with E-state index in [9.17, 15) is 14.4 Å². The normalized spacial score (nSPS) is 18.5. The van der Waals surface area contributed by atoms with Crippen LogP contribution in [0.2, 0.25) is 0 Å². The number of rotatable bonds is 5. The lowest BCUT2D eigenvalue weighted by Crippen LogP contribution is -2.55. The number of fused-ring (bicyclic) bond motifs is 2. The fraction of sp³-hybridized carbons (Fsp3) is 0.400. The molecule has 0 radical (unpaired) electrons. The molecular weight excluding hydrogens is 408 g/mol. The topological polar surface area (TPSA) is 76.2 Å². The van der Waals surface area contributed by atoms with Gasteiger partial charge in [0.25, 0.3) is 11.8 Å². The molecule has 2 unspecified atom stereocenters. The van der Waals surface area contributed by atoms with Crippen molar-refractivity contribution in [2.24, 2.45) is 5.92 Å². The SMILES string of the molecule is COc1cc2c(cc1OC)C(C)N(C(=O)C(C(C)C)N1C(=O)c3ccccc3C1=O)CC2. The Labute approximate surface area is 187 Å². The molecule has 2 heterocycles. The minimum atomic E-state index is -0.869. The van der Waals surface area contributed by atoms with Crippen LogP contribution in [0.15, 0.2) is 36.4 Å². The number of ether oxygens (including phenoxy) is 2. The summed E-state index contributed by atoms with van der Waals surface area (Å²) in [6.07, 6.45) is 0.651. The van der Waals surface area contributed by atoms with Crippen molar-refractivity contribution in [1.82, 2.24) is 9.80 Å². The zero-order valence-electron chi connectivity index (χ0n) is 19.0. The van der Waals surface area contributed by atoms with Crippen LogP contribution in [0.4, 0.5) is 0 Å². The lowest BCUT2D eigenvalue weighted by atomic mass is 9.91. The van der Waals surface area contributed by atoms with Crippen LogP contribution in [-0.4, -0.2) is 54.3 Å².